The van der Waals surface area contributed by atoms with Crippen molar-refractivity contribution in [2.24, 2.45) is 12.8 Å². The number of carbonyl (C=O) groups is 2. The topological polar surface area (TPSA) is 154 Å². The number of amides is 2. The summed E-state index contributed by atoms with van der Waals surface area (Å²) >= 11 is 6.44. The van der Waals surface area contributed by atoms with Crippen molar-refractivity contribution >= 4 is 40.5 Å². The van der Waals surface area contributed by atoms with Crippen LogP contribution >= 0.6 is 11.6 Å². The number of rotatable bonds is 8. The van der Waals surface area contributed by atoms with Crippen molar-refractivity contribution in [2.45, 2.75) is 32.0 Å². The molecule has 1 atom stereocenters. The molecule has 1 aliphatic rings. The Kier molecular flexibility index (Phi) is 8.18. The molecule has 1 fully saturated rings. The van der Waals surface area contributed by atoms with Crippen LogP contribution in [0.15, 0.2) is 52.1 Å². The predicted molar refractivity (Wildman–Crippen MR) is 159 cm³/mol. The van der Waals surface area contributed by atoms with Gasteiger partial charge in [0.25, 0.3) is 11.5 Å². The van der Waals surface area contributed by atoms with Crippen LogP contribution in [0.3, 0.4) is 0 Å². The number of hydrogen-bond donors (Lipinski definition) is 3. The van der Waals surface area contributed by atoms with E-state index in [1.54, 1.807) is 29.2 Å². The Bertz CT molecular complexity index is 1850. The van der Waals surface area contributed by atoms with Gasteiger partial charge in [-0.15, -0.1) is 0 Å². The molecule has 2 aromatic heterocycles. The molecule has 2 amide bonds. The molecule has 3 heterocycles. The van der Waals surface area contributed by atoms with Crippen molar-refractivity contribution in [1.82, 2.24) is 19.0 Å². The summed E-state index contributed by atoms with van der Waals surface area (Å²) in [4.78, 5) is 54.1. The van der Waals surface area contributed by atoms with Crippen LogP contribution in [-0.4, -0.2) is 57.0 Å². The minimum absolute atomic E-state index is 0.00643. The summed E-state index contributed by atoms with van der Waals surface area (Å²) in [5, 5.41) is 12.0. The molecule has 43 heavy (non-hydrogen) atoms. The smallest absolute Gasteiger partial charge is 0.404 e. The van der Waals surface area contributed by atoms with Crippen LogP contribution in [0.5, 0.6) is 5.75 Å². The third-order valence-corrected chi connectivity index (χ3v) is 8.01. The zero-order valence-electron chi connectivity index (χ0n) is 23.5. The SMILES string of the molecule is COc1ccc(Cn2c(=O)c3c(c(C(N)=O)c(N4CCC[C@@H](NC(=O)O)C4)n3Cc3cc(F)ccc3Cl)n(C)c2=O)cc1. The van der Waals surface area contributed by atoms with Crippen LogP contribution in [0, 0.1) is 5.82 Å². The van der Waals surface area contributed by atoms with Crippen LogP contribution < -0.4 is 31.9 Å². The van der Waals surface area contributed by atoms with Crippen LogP contribution in [0.2, 0.25) is 5.02 Å². The van der Waals surface area contributed by atoms with Crippen LogP contribution in [0.4, 0.5) is 15.0 Å². The summed E-state index contributed by atoms with van der Waals surface area (Å²) in [6, 6.07) is 10.2. The van der Waals surface area contributed by atoms with Gasteiger partial charge in [0.2, 0.25) is 0 Å². The van der Waals surface area contributed by atoms with Gasteiger partial charge in [0.1, 0.15) is 28.5 Å². The zero-order valence-corrected chi connectivity index (χ0v) is 24.2. The Morgan fingerprint density at radius 2 is 1.84 bits per heavy atom. The van der Waals surface area contributed by atoms with Crippen molar-refractivity contribution < 1.29 is 23.8 Å². The van der Waals surface area contributed by atoms with Gasteiger partial charge in [-0.3, -0.25) is 18.7 Å². The van der Waals surface area contributed by atoms with Crippen LogP contribution in [0.25, 0.3) is 11.0 Å². The van der Waals surface area contributed by atoms with Crippen molar-refractivity contribution in [3.63, 3.8) is 0 Å². The van der Waals surface area contributed by atoms with Crippen LogP contribution in [0.1, 0.15) is 34.3 Å². The molecule has 4 N–H and O–H groups in total. The number of hydrogen-bond acceptors (Lipinski definition) is 6. The lowest BCUT2D eigenvalue weighted by Crippen LogP contribution is -2.48. The summed E-state index contributed by atoms with van der Waals surface area (Å²) in [6.07, 6.45) is -0.0815. The van der Waals surface area contributed by atoms with Gasteiger partial charge in [-0.1, -0.05) is 23.7 Å². The molecule has 1 saturated heterocycles. The molecule has 0 bridgehead atoms. The largest absolute Gasteiger partial charge is 0.497 e. The number of nitrogens with one attached hydrogen (secondary N) is 1. The third kappa shape index (κ3) is 5.67. The van der Waals surface area contributed by atoms with Gasteiger partial charge in [-0.25, -0.2) is 14.0 Å². The highest BCUT2D eigenvalue weighted by atomic mass is 35.5. The number of anilines is 1. The number of aryl methyl sites for hydroxylation is 1. The first-order chi connectivity index (χ1) is 20.5. The monoisotopic (exact) mass is 612 g/mol. The van der Waals surface area contributed by atoms with E-state index < -0.39 is 35.1 Å². The van der Waals surface area contributed by atoms with Gasteiger partial charge in [-0.05, 0) is 54.3 Å². The number of piperidine rings is 1. The van der Waals surface area contributed by atoms with E-state index in [2.05, 4.69) is 5.32 Å². The maximum Gasteiger partial charge on any atom is 0.404 e. The lowest BCUT2D eigenvalue weighted by molar-refractivity contribution is 0.100. The maximum atomic E-state index is 14.3. The molecule has 5 rings (SSSR count). The van der Waals surface area contributed by atoms with E-state index in [0.717, 1.165) is 4.57 Å². The summed E-state index contributed by atoms with van der Waals surface area (Å²) in [5.41, 5.74) is 5.46. The number of benzene rings is 2. The van der Waals surface area contributed by atoms with Gasteiger partial charge in [0.15, 0.2) is 0 Å². The first-order valence-corrected chi connectivity index (χ1v) is 13.8. The molecule has 2 aromatic carbocycles. The minimum atomic E-state index is -1.20. The number of carboxylic acid groups (broad SMARTS) is 1. The fourth-order valence-corrected chi connectivity index (χ4v) is 5.86. The Labute approximate surface area is 249 Å². The number of nitrogens with zero attached hydrogens (tertiary/aromatic N) is 4. The van der Waals surface area contributed by atoms with Gasteiger partial charge in [-0.2, -0.15) is 0 Å². The first-order valence-electron chi connectivity index (χ1n) is 13.5. The van der Waals surface area contributed by atoms with E-state index >= 15 is 0 Å². The predicted octanol–water partition coefficient (Wildman–Crippen LogP) is 2.73. The molecule has 1 aliphatic heterocycles. The number of halogens is 2. The molecule has 14 heteroatoms. The summed E-state index contributed by atoms with van der Waals surface area (Å²) in [6.45, 7) is 0.346. The van der Waals surface area contributed by atoms with Crippen molar-refractivity contribution in [3.05, 3.63) is 90.8 Å². The second-order valence-electron chi connectivity index (χ2n) is 10.4. The highest BCUT2D eigenvalue weighted by molar-refractivity contribution is 6.31. The molecule has 4 aromatic rings. The summed E-state index contributed by atoms with van der Waals surface area (Å²) < 4.78 is 23.3. The van der Waals surface area contributed by atoms with Gasteiger partial charge >= 0.3 is 11.8 Å². The number of methoxy groups -OCH3 is 1. The molecule has 0 saturated carbocycles. The Morgan fingerprint density at radius 3 is 2.49 bits per heavy atom. The van der Waals surface area contributed by atoms with Gasteiger partial charge < -0.3 is 30.4 Å². The van der Waals surface area contributed by atoms with Gasteiger partial charge in [0, 0.05) is 31.2 Å². The zero-order chi connectivity index (χ0) is 31.0. The van der Waals surface area contributed by atoms with E-state index in [1.807, 2.05) is 0 Å². The quantitative estimate of drug-likeness (QED) is 0.276. The number of aromatic nitrogens is 3. The number of fused-ring (bicyclic) bond motifs is 1. The van der Waals surface area contributed by atoms with E-state index in [0.29, 0.717) is 36.3 Å². The van der Waals surface area contributed by atoms with E-state index in [9.17, 15) is 28.7 Å². The summed E-state index contributed by atoms with van der Waals surface area (Å²) in [5.74, 6) is -0.623. The van der Waals surface area contributed by atoms with Crippen molar-refractivity contribution in [1.29, 1.82) is 0 Å². The molecular formula is C29H30ClFN6O6. The maximum absolute atomic E-state index is 14.3. The molecule has 0 radical (unpaired) electrons. The van der Waals surface area contributed by atoms with Crippen molar-refractivity contribution in [3.8, 4) is 5.75 Å². The molecule has 0 unspecified atom stereocenters. The normalized spacial score (nSPS) is 15.1. The highest BCUT2D eigenvalue weighted by Gasteiger charge is 2.33. The Morgan fingerprint density at radius 1 is 1.12 bits per heavy atom. The van der Waals surface area contributed by atoms with E-state index in [-0.39, 0.29) is 47.1 Å². The molecule has 0 aliphatic carbocycles. The molecule has 0 spiro atoms. The number of nitrogens with two attached hydrogens (primary N) is 1. The highest BCUT2D eigenvalue weighted by Crippen LogP contribution is 2.34. The standard InChI is InChI=1S/C29H30ClFN6O6/c1-34-23-22(25(32)38)26(35-11-3-4-19(15-35)33-28(40)41)36(14-17-12-18(31)7-10-21(17)30)24(23)27(39)37(29(34)42)13-16-5-8-20(43-2)9-6-16/h5-10,12,19,33H,3-4,11,13-15H2,1-2H3,(H2,32,38)(H,40,41)/t19-/m1/s1. The second kappa shape index (κ2) is 11.8. The Balaban J connectivity index is 1.79. The third-order valence-electron chi connectivity index (χ3n) is 7.64. The van der Waals surface area contributed by atoms with Crippen molar-refractivity contribution in [2.75, 3.05) is 25.1 Å². The lowest BCUT2D eigenvalue weighted by atomic mass is 10.1. The van der Waals surface area contributed by atoms with Gasteiger partial charge in [0.05, 0.1) is 25.7 Å². The fraction of sp³-hybridized carbons (Fsp3) is 0.310. The number of ether oxygens (including phenoxy) is 1. The van der Waals surface area contributed by atoms with E-state index in [4.69, 9.17) is 22.1 Å². The fourth-order valence-electron chi connectivity index (χ4n) is 5.69. The average Bonchev–Trinajstić information content (AvgIpc) is 3.31. The average molecular weight is 613 g/mol. The first kappa shape index (κ1) is 29.7. The van der Waals surface area contributed by atoms with Crippen LogP contribution in [-0.2, 0) is 20.1 Å². The molecular weight excluding hydrogens is 583 g/mol. The summed E-state index contributed by atoms with van der Waals surface area (Å²) in [7, 11) is 2.97. The molecule has 226 valence electrons. The lowest BCUT2D eigenvalue weighted by Gasteiger charge is -2.35. The Hall–Kier alpha value is -4.78. The number of primary amides is 1. The van der Waals surface area contributed by atoms with E-state index in [1.165, 1.54) is 41.5 Å². The molecule has 12 nitrogen and oxygen atoms in total. The minimum Gasteiger partial charge on any atom is -0.497 e. The number of carbonyl (C=O) groups excluding carboxylic acids is 1. The second-order valence-corrected chi connectivity index (χ2v) is 10.8.